The molecule has 16 heavy (non-hydrogen) atoms. The summed E-state index contributed by atoms with van der Waals surface area (Å²) in [7, 11) is 0. The second kappa shape index (κ2) is 4.69. The third-order valence-corrected chi connectivity index (χ3v) is 3.37. The van der Waals surface area contributed by atoms with Gasteiger partial charge < -0.3 is 4.57 Å². The number of rotatable bonds is 4. The molecule has 0 aliphatic carbocycles. The molecule has 1 heterocycles. The molecule has 0 N–H and O–H groups in total. The lowest BCUT2D eigenvalue weighted by molar-refractivity contribution is 0.425. The molecule has 0 saturated heterocycles. The molecule has 0 unspecified atom stereocenters. The fraction of sp³-hybridized carbons (Fsp3) is 0.429. The van der Waals surface area contributed by atoms with Gasteiger partial charge in [-0.15, -0.1) is 0 Å². The summed E-state index contributed by atoms with van der Waals surface area (Å²) in [4.78, 5) is 0. The molecular weight excluding hydrogens is 201 g/mol. The number of nitrogens with zero attached hydrogens (tertiary/aromatic N) is 1. The lowest BCUT2D eigenvalue weighted by Gasteiger charge is -2.14. The fourth-order valence-electron chi connectivity index (χ4n) is 2.17. The Balaban J connectivity index is 2.35. The third-order valence-electron chi connectivity index (χ3n) is 3.37. The van der Waals surface area contributed by atoms with Crippen molar-refractivity contribution in [2.24, 2.45) is 5.92 Å². The molecule has 0 aliphatic heterocycles. The highest BCUT2D eigenvalue weighted by Gasteiger charge is 2.08. The lowest BCUT2D eigenvalue weighted by Crippen LogP contribution is -2.07. The van der Waals surface area contributed by atoms with E-state index in [1.165, 1.54) is 18.9 Å². The molecule has 0 spiro atoms. The van der Waals surface area contributed by atoms with Crippen LogP contribution in [0.5, 0.6) is 0 Å². The molecule has 0 fully saturated rings. The van der Waals surface area contributed by atoms with Crippen LogP contribution in [0, 0.1) is 11.7 Å². The van der Waals surface area contributed by atoms with E-state index in [0.29, 0.717) is 5.92 Å². The van der Waals surface area contributed by atoms with Gasteiger partial charge in [-0.05, 0) is 24.1 Å². The Morgan fingerprint density at radius 3 is 2.62 bits per heavy atom. The van der Waals surface area contributed by atoms with Gasteiger partial charge in [0.05, 0.1) is 5.52 Å². The van der Waals surface area contributed by atoms with Gasteiger partial charge in [0, 0.05) is 18.1 Å². The highest BCUT2D eigenvalue weighted by atomic mass is 19.1. The summed E-state index contributed by atoms with van der Waals surface area (Å²) in [5, 5.41) is 0.730. The summed E-state index contributed by atoms with van der Waals surface area (Å²) >= 11 is 0. The third kappa shape index (κ3) is 1.97. The molecule has 2 heteroatoms. The first-order chi connectivity index (χ1) is 7.76. The van der Waals surface area contributed by atoms with Crippen LogP contribution in [-0.4, -0.2) is 4.57 Å². The van der Waals surface area contributed by atoms with Gasteiger partial charge >= 0.3 is 0 Å². The number of halogens is 1. The first-order valence-corrected chi connectivity index (χ1v) is 5.99. The predicted molar refractivity (Wildman–Crippen MR) is 66.0 cm³/mol. The Hall–Kier alpha value is -1.31. The van der Waals surface area contributed by atoms with Gasteiger partial charge in [-0.1, -0.05) is 32.8 Å². The highest BCUT2D eigenvalue weighted by Crippen LogP contribution is 2.21. The van der Waals surface area contributed by atoms with E-state index >= 15 is 0 Å². The van der Waals surface area contributed by atoms with E-state index in [9.17, 15) is 4.39 Å². The molecule has 0 aliphatic rings. The van der Waals surface area contributed by atoms with Crippen LogP contribution in [0.25, 0.3) is 10.9 Å². The number of hydrogen-bond donors (Lipinski definition) is 0. The molecule has 0 saturated carbocycles. The summed E-state index contributed by atoms with van der Waals surface area (Å²) in [6.07, 6.45) is 4.34. The number of aromatic nitrogens is 1. The van der Waals surface area contributed by atoms with E-state index in [1.54, 1.807) is 6.07 Å². The SMILES string of the molecule is CCC(CC)Cn1ccc2c(F)cccc21. The summed E-state index contributed by atoms with van der Waals surface area (Å²) in [6, 6.07) is 7.15. The van der Waals surface area contributed by atoms with Crippen LogP contribution in [0.15, 0.2) is 30.5 Å². The van der Waals surface area contributed by atoms with E-state index in [1.807, 2.05) is 18.3 Å². The second-order valence-electron chi connectivity index (χ2n) is 4.32. The van der Waals surface area contributed by atoms with Crippen molar-refractivity contribution in [1.82, 2.24) is 4.57 Å². The van der Waals surface area contributed by atoms with E-state index in [-0.39, 0.29) is 5.82 Å². The minimum Gasteiger partial charge on any atom is -0.347 e. The molecule has 0 amide bonds. The molecular formula is C14H18FN. The van der Waals surface area contributed by atoms with Crippen LogP contribution in [0.2, 0.25) is 0 Å². The molecule has 2 rings (SSSR count). The molecule has 1 nitrogen and oxygen atoms in total. The number of benzene rings is 1. The Morgan fingerprint density at radius 1 is 1.19 bits per heavy atom. The quantitative estimate of drug-likeness (QED) is 0.725. The smallest absolute Gasteiger partial charge is 0.132 e. The molecule has 1 aromatic heterocycles. The Bertz CT molecular complexity index is 469. The van der Waals surface area contributed by atoms with Gasteiger partial charge in [-0.2, -0.15) is 0 Å². The minimum absolute atomic E-state index is 0.124. The standard InChI is InChI=1S/C14H18FN/c1-3-11(4-2)10-16-9-8-12-13(15)6-5-7-14(12)16/h5-9,11H,3-4,10H2,1-2H3. The predicted octanol–water partition coefficient (Wildman–Crippen LogP) is 4.22. The van der Waals surface area contributed by atoms with Crippen molar-refractivity contribution >= 4 is 10.9 Å². The van der Waals surface area contributed by atoms with Crippen molar-refractivity contribution in [3.05, 3.63) is 36.3 Å². The highest BCUT2D eigenvalue weighted by molar-refractivity contribution is 5.80. The largest absolute Gasteiger partial charge is 0.347 e. The van der Waals surface area contributed by atoms with Gasteiger partial charge in [-0.25, -0.2) is 4.39 Å². The van der Waals surface area contributed by atoms with Crippen molar-refractivity contribution in [3.8, 4) is 0 Å². The van der Waals surface area contributed by atoms with Crippen molar-refractivity contribution in [2.75, 3.05) is 0 Å². The average molecular weight is 219 g/mol. The maximum absolute atomic E-state index is 13.5. The van der Waals surface area contributed by atoms with E-state index < -0.39 is 0 Å². The zero-order chi connectivity index (χ0) is 11.5. The van der Waals surface area contributed by atoms with Crippen LogP contribution < -0.4 is 0 Å². The summed E-state index contributed by atoms with van der Waals surface area (Å²) in [6.45, 7) is 5.40. The first kappa shape index (κ1) is 11.2. The topological polar surface area (TPSA) is 4.93 Å². The molecule has 0 atom stereocenters. The maximum atomic E-state index is 13.5. The van der Waals surface area contributed by atoms with Crippen LogP contribution in [0.3, 0.4) is 0 Å². The maximum Gasteiger partial charge on any atom is 0.132 e. The average Bonchev–Trinajstić information content (AvgIpc) is 2.71. The van der Waals surface area contributed by atoms with Gasteiger partial charge in [0.1, 0.15) is 5.82 Å². The minimum atomic E-state index is -0.124. The van der Waals surface area contributed by atoms with Gasteiger partial charge in [0.2, 0.25) is 0 Å². The van der Waals surface area contributed by atoms with Crippen molar-refractivity contribution in [1.29, 1.82) is 0 Å². The van der Waals surface area contributed by atoms with Gasteiger partial charge in [0.15, 0.2) is 0 Å². The van der Waals surface area contributed by atoms with Crippen LogP contribution in [0.1, 0.15) is 26.7 Å². The normalized spacial score (nSPS) is 11.5. The summed E-state index contributed by atoms with van der Waals surface area (Å²) < 4.78 is 15.7. The van der Waals surface area contributed by atoms with E-state index in [2.05, 4.69) is 18.4 Å². The van der Waals surface area contributed by atoms with Crippen LogP contribution >= 0.6 is 0 Å². The van der Waals surface area contributed by atoms with Crippen LogP contribution in [0.4, 0.5) is 4.39 Å². The van der Waals surface area contributed by atoms with Crippen molar-refractivity contribution in [2.45, 2.75) is 33.2 Å². The first-order valence-electron chi connectivity index (χ1n) is 5.99. The Kier molecular flexibility index (Phi) is 3.28. The van der Waals surface area contributed by atoms with Crippen molar-refractivity contribution < 1.29 is 4.39 Å². The molecule has 86 valence electrons. The Morgan fingerprint density at radius 2 is 1.94 bits per heavy atom. The zero-order valence-electron chi connectivity index (χ0n) is 9.91. The lowest BCUT2D eigenvalue weighted by atomic mass is 10.0. The number of hydrogen-bond acceptors (Lipinski definition) is 0. The van der Waals surface area contributed by atoms with E-state index in [4.69, 9.17) is 0 Å². The zero-order valence-corrected chi connectivity index (χ0v) is 9.91. The van der Waals surface area contributed by atoms with Gasteiger partial charge in [-0.3, -0.25) is 0 Å². The monoisotopic (exact) mass is 219 g/mol. The fourth-order valence-corrected chi connectivity index (χ4v) is 2.17. The summed E-state index contributed by atoms with van der Waals surface area (Å²) in [5.41, 5.74) is 1.01. The molecule has 1 aromatic carbocycles. The van der Waals surface area contributed by atoms with Gasteiger partial charge in [0.25, 0.3) is 0 Å². The Labute approximate surface area is 95.9 Å². The number of fused-ring (bicyclic) bond motifs is 1. The molecule has 0 bridgehead atoms. The summed E-state index contributed by atoms with van der Waals surface area (Å²) in [5.74, 6) is 0.555. The second-order valence-corrected chi connectivity index (χ2v) is 4.32. The molecule has 2 aromatic rings. The van der Waals surface area contributed by atoms with E-state index in [0.717, 1.165) is 17.4 Å². The molecule has 0 radical (unpaired) electrons. The van der Waals surface area contributed by atoms with Crippen molar-refractivity contribution in [3.63, 3.8) is 0 Å². The van der Waals surface area contributed by atoms with Crippen LogP contribution in [-0.2, 0) is 6.54 Å².